The van der Waals surface area contributed by atoms with Gasteiger partial charge >= 0.3 is 24.5 Å². The summed E-state index contributed by atoms with van der Waals surface area (Å²) < 4.78 is 83.1. The van der Waals surface area contributed by atoms with Crippen LogP contribution in [0.25, 0.3) is 0 Å². The van der Waals surface area contributed by atoms with Crippen LogP contribution in [0.5, 0.6) is 0 Å². The molecule has 6 nitrogen and oxygen atoms in total. The van der Waals surface area contributed by atoms with Gasteiger partial charge in [-0.05, 0) is 36.8 Å². The highest BCUT2D eigenvalue weighted by Gasteiger charge is 2.37. The van der Waals surface area contributed by atoms with Gasteiger partial charge in [0.1, 0.15) is 0 Å². The van der Waals surface area contributed by atoms with Crippen LogP contribution in [0.15, 0.2) is 42.6 Å². The molecule has 2 aromatic rings. The van der Waals surface area contributed by atoms with E-state index >= 15 is 0 Å². The van der Waals surface area contributed by atoms with Gasteiger partial charge in [-0.2, -0.15) is 26.3 Å². The second-order valence-electron chi connectivity index (χ2n) is 5.81. The largest absolute Gasteiger partial charge is 0.450 e. The SMILES string of the molecule is CCOC(=O)NC(=O)NC(c1ccc(C(F)(F)F)cc1)c1ncccc1C(F)(F)F. The second-order valence-corrected chi connectivity index (χ2v) is 5.81. The molecule has 0 radical (unpaired) electrons. The smallest absolute Gasteiger partial charge is 0.418 e. The number of nitrogens with zero attached hydrogens (tertiary/aromatic N) is 1. The Morgan fingerprint density at radius 3 is 2.20 bits per heavy atom. The van der Waals surface area contributed by atoms with E-state index in [0.29, 0.717) is 18.2 Å². The number of alkyl halides is 6. The zero-order valence-electron chi connectivity index (χ0n) is 15.3. The van der Waals surface area contributed by atoms with Gasteiger partial charge in [0.2, 0.25) is 0 Å². The molecule has 1 atom stereocenters. The Kier molecular flexibility index (Phi) is 6.90. The van der Waals surface area contributed by atoms with E-state index in [0.717, 1.165) is 24.4 Å². The van der Waals surface area contributed by atoms with Crippen LogP contribution in [0.4, 0.5) is 35.9 Å². The zero-order chi connectivity index (χ0) is 22.5. The van der Waals surface area contributed by atoms with Gasteiger partial charge < -0.3 is 10.1 Å². The summed E-state index contributed by atoms with van der Waals surface area (Å²) in [5.41, 5.74) is -3.01. The van der Waals surface area contributed by atoms with Crippen molar-refractivity contribution in [3.05, 3.63) is 65.0 Å². The van der Waals surface area contributed by atoms with Crippen molar-refractivity contribution in [1.29, 1.82) is 0 Å². The van der Waals surface area contributed by atoms with Crippen LogP contribution in [0.2, 0.25) is 0 Å². The molecule has 0 bridgehead atoms. The number of carbonyl (C=O) groups excluding carboxylic acids is 2. The number of alkyl carbamates (subject to hydrolysis) is 1. The number of aromatic nitrogens is 1. The molecular formula is C18H15F6N3O3. The maximum atomic E-state index is 13.4. The van der Waals surface area contributed by atoms with Gasteiger partial charge in [-0.15, -0.1) is 0 Å². The first-order valence-corrected chi connectivity index (χ1v) is 8.37. The lowest BCUT2D eigenvalue weighted by Crippen LogP contribution is -2.42. The van der Waals surface area contributed by atoms with Crippen LogP contribution in [0.1, 0.15) is 35.3 Å². The van der Waals surface area contributed by atoms with E-state index < -0.39 is 47.3 Å². The quantitative estimate of drug-likeness (QED) is 0.685. The first kappa shape index (κ1) is 23.0. The van der Waals surface area contributed by atoms with Crippen molar-refractivity contribution < 1.29 is 40.7 Å². The number of ether oxygens (including phenoxy) is 1. The number of nitrogens with one attached hydrogen (secondary N) is 2. The fourth-order valence-corrected chi connectivity index (χ4v) is 2.49. The predicted molar refractivity (Wildman–Crippen MR) is 91.2 cm³/mol. The van der Waals surface area contributed by atoms with Crippen molar-refractivity contribution >= 4 is 12.1 Å². The average molecular weight is 435 g/mol. The van der Waals surface area contributed by atoms with Crippen molar-refractivity contribution in [1.82, 2.24) is 15.6 Å². The molecule has 1 heterocycles. The number of rotatable bonds is 4. The molecule has 0 saturated carbocycles. The van der Waals surface area contributed by atoms with Crippen LogP contribution in [0.3, 0.4) is 0 Å². The number of pyridine rings is 1. The highest BCUT2D eigenvalue weighted by molar-refractivity contribution is 5.91. The lowest BCUT2D eigenvalue weighted by atomic mass is 9.98. The van der Waals surface area contributed by atoms with Crippen LogP contribution < -0.4 is 10.6 Å². The van der Waals surface area contributed by atoms with Gasteiger partial charge in [-0.3, -0.25) is 4.98 Å². The zero-order valence-corrected chi connectivity index (χ0v) is 15.3. The van der Waals surface area contributed by atoms with E-state index in [2.05, 4.69) is 15.0 Å². The van der Waals surface area contributed by atoms with E-state index in [9.17, 15) is 35.9 Å². The number of carbonyl (C=O) groups is 2. The average Bonchev–Trinajstić information content (AvgIpc) is 2.65. The highest BCUT2D eigenvalue weighted by Crippen LogP contribution is 2.36. The first-order valence-electron chi connectivity index (χ1n) is 8.37. The van der Waals surface area contributed by atoms with Crippen LogP contribution >= 0.6 is 0 Å². The lowest BCUT2D eigenvalue weighted by Gasteiger charge is -2.22. The van der Waals surface area contributed by atoms with E-state index in [1.54, 1.807) is 5.32 Å². The van der Waals surface area contributed by atoms with Crippen LogP contribution in [-0.4, -0.2) is 23.7 Å². The predicted octanol–water partition coefficient (Wildman–Crippen LogP) is 4.66. The molecule has 162 valence electrons. The Labute approximate surface area is 166 Å². The van der Waals surface area contributed by atoms with Gasteiger partial charge in [0.25, 0.3) is 0 Å². The fraction of sp³-hybridized carbons (Fsp3) is 0.278. The molecule has 0 aliphatic heterocycles. The molecule has 2 rings (SSSR count). The van der Waals surface area contributed by atoms with E-state index in [1.165, 1.54) is 6.92 Å². The van der Waals surface area contributed by atoms with Gasteiger partial charge in [0.05, 0.1) is 29.5 Å². The molecular weight excluding hydrogens is 420 g/mol. The third kappa shape index (κ3) is 5.84. The molecule has 1 aromatic carbocycles. The standard InChI is InChI=1S/C18H15F6N3O3/c1-2-30-16(29)27-15(28)26-13(10-5-7-11(8-6-10)17(19,20)21)14-12(18(22,23)24)4-3-9-25-14/h3-9,13H,2H2,1H3,(H2,26,27,28,29). The van der Waals surface area contributed by atoms with E-state index in [4.69, 9.17) is 0 Å². The topological polar surface area (TPSA) is 80.3 Å². The van der Waals surface area contributed by atoms with E-state index in [-0.39, 0.29) is 12.2 Å². The van der Waals surface area contributed by atoms with E-state index in [1.807, 2.05) is 0 Å². The monoisotopic (exact) mass is 435 g/mol. The Morgan fingerprint density at radius 2 is 1.67 bits per heavy atom. The summed E-state index contributed by atoms with van der Waals surface area (Å²) >= 11 is 0. The summed E-state index contributed by atoms with van der Waals surface area (Å²) in [6.07, 6.45) is -9.64. The van der Waals surface area contributed by atoms with Gasteiger partial charge in [0, 0.05) is 6.20 Å². The Bertz CT molecular complexity index is 897. The second kappa shape index (κ2) is 9.01. The summed E-state index contributed by atoms with van der Waals surface area (Å²) in [4.78, 5) is 27.1. The van der Waals surface area contributed by atoms with Crippen molar-refractivity contribution in [3.63, 3.8) is 0 Å². The number of urea groups is 1. The van der Waals surface area contributed by atoms with Gasteiger partial charge in [0.15, 0.2) is 0 Å². The molecule has 0 spiro atoms. The van der Waals surface area contributed by atoms with Crippen molar-refractivity contribution in [3.8, 4) is 0 Å². The van der Waals surface area contributed by atoms with Gasteiger partial charge in [-0.25, -0.2) is 14.9 Å². The van der Waals surface area contributed by atoms with Crippen molar-refractivity contribution in [2.24, 2.45) is 0 Å². The third-order valence-corrected chi connectivity index (χ3v) is 3.76. The molecule has 0 aliphatic carbocycles. The van der Waals surface area contributed by atoms with Crippen LogP contribution in [-0.2, 0) is 17.1 Å². The maximum Gasteiger partial charge on any atom is 0.418 e. The number of benzene rings is 1. The number of halogens is 6. The number of amides is 3. The molecule has 1 unspecified atom stereocenters. The minimum atomic E-state index is -4.85. The summed E-state index contributed by atoms with van der Waals surface area (Å²) in [6.45, 7) is 1.39. The highest BCUT2D eigenvalue weighted by atomic mass is 19.4. The minimum Gasteiger partial charge on any atom is -0.450 e. The van der Waals surface area contributed by atoms with Gasteiger partial charge in [-0.1, -0.05) is 12.1 Å². The molecule has 30 heavy (non-hydrogen) atoms. The third-order valence-electron chi connectivity index (χ3n) is 3.76. The summed E-state index contributed by atoms with van der Waals surface area (Å²) in [5, 5.41) is 3.86. The summed E-state index contributed by atoms with van der Waals surface area (Å²) in [6, 6.07) is 2.03. The molecule has 0 fully saturated rings. The molecule has 3 amide bonds. The number of hydrogen-bond acceptors (Lipinski definition) is 4. The van der Waals surface area contributed by atoms with Crippen molar-refractivity contribution in [2.45, 2.75) is 25.3 Å². The maximum absolute atomic E-state index is 13.4. The normalized spacial score (nSPS) is 12.8. The number of hydrogen-bond donors (Lipinski definition) is 2. The summed E-state index contributed by atoms with van der Waals surface area (Å²) in [7, 11) is 0. The Morgan fingerprint density at radius 1 is 1.03 bits per heavy atom. The molecule has 0 aliphatic rings. The van der Waals surface area contributed by atoms with Crippen LogP contribution in [0, 0.1) is 0 Å². The number of imide groups is 1. The molecule has 0 saturated heterocycles. The Hall–Kier alpha value is -3.31. The minimum absolute atomic E-state index is 0.0695. The van der Waals surface area contributed by atoms with Crippen molar-refractivity contribution in [2.75, 3.05) is 6.61 Å². The lowest BCUT2D eigenvalue weighted by molar-refractivity contribution is -0.139. The molecule has 2 N–H and O–H groups in total. The Balaban J connectivity index is 2.47. The summed E-state index contributed by atoms with van der Waals surface area (Å²) in [5.74, 6) is 0. The molecule has 1 aromatic heterocycles. The fourth-order valence-electron chi connectivity index (χ4n) is 2.49. The first-order chi connectivity index (χ1) is 13.9. The molecule has 12 heteroatoms.